The Morgan fingerprint density at radius 3 is 2.87 bits per heavy atom. The van der Waals surface area contributed by atoms with Crippen LogP contribution >= 0.6 is 0 Å². The van der Waals surface area contributed by atoms with Crippen LogP contribution in [0.25, 0.3) is 0 Å². The van der Waals surface area contributed by atoms with Crippen molar-refractivity contribution in [2.75, 3.05) is 13.2 Å². The standard InChI is InChI=1S/C13H21NO/c1-11-5-3-6-13(9-11)7-4-8-14-12(2)10-15/h3,5-6,9,12,14-15H,4,7-8,10H2,1-2H3. The molecule has 0 aromatic heterocycles. The van der Waals surface area contributed by atoms with E-state index in [4.69, 9.17) is 5.11 Å². The molecule has 2 heteroatoms. The minimum absolute atomic E-state index is 0.211. The molecule has 0 aliphatic heterocycles. The van der Waals surface area contributed by atoms with Crippen molar-refractivity contribution < 1.29 is 5.11 Å². The van der Waals surface area contributed by atoms with E-state index in [-0.39, 0.29) is 12.6 Å². The zero-order chi connectivity index (χ0) is 11.1. The summed E-state index contributed by atoms with van der Waals surface area (Å²) in [6, 6.07) is 8.84. The molecule has 0 saturated carbocycles. The summed E-state index contributed by atoms with van der Waals surface area (Å²) in [5.41, 5.74) is 2.72. The molecule has 1 rings (SSSR count). The number of hydrogen-bond donors (Lipinski definition) is 2. The van der Waals surface area contributed by atoms with Crippen LogP contribution in [0.1, 0.15) is 24.5 Å². The van der Waals surface area contributed by atoms with Gasteiger partial charge in [0.2, 0.25) is 0 Å². The summed E-state index contributed by atoms with van der Waals surface area (Å²) in [5.74, 6) is 0. The Morgan fingerprint density at radius 2 is 2.20 bits per heavy atom. The van der Waals surface area contributed by atoms with Crippen molar-refractivity contribution >= 4 is 0 Å². The van der Waals surface area contributed by atoms with Gasteiger partial charge < -0.3 is 10.4 Å². The first kappa shape index (κ1) is 12.2. The Hall–Kier alpha value is -0.860. The molecule has 2 nitrogen and oxygen atoms in total. The maximum absolute atomic E-state index is 8.83. The SMILES string of the molecule is Cc1cccc(CCCNC(C)CO)c1. The van der Waals surface area contributed by atoms with Crippen LogP contribution in [0.3, 0.4) is 0 Å². The lowest BCUT2D eigenvalue weighted by Gasteiger charge is -2.10. The van der Waals surface area contributed by atoms with Gasteiger partial charge in [0.15, 0.2) is 0 Å². The molecule has 84 valence electrons. The van der Waals surface area contributed by atoms with E-state index in [1.165, 1.54) is 11.1 Å². The van der Waals surface area contributed by atoms with Gasteiger partial charge in [-0.2, -0.15) is 0 Å². The predicted molar refractivity (Wildman–Crippen MR) is 64.1 cm³/mol. The second kappa shape index (κ2) is 6.59. The van der Waals surface area contributed by atoms with Crippen LogP contribution in [-0.4, -0.2) is 24.3 Å². The molecule has 0 fully saturated rings. The fourth-order valence-corrected chi connectivity index (χ4v) is 1.57. The third kappa shape index (κ3) is 4.96. The van der Waals surface area contributed by atoms with Gasteiger partial charge in [-0.3, -0.25) is 0 Å². The van der Waals surface area contributed by atoms with Crippen molar-refractivity contribution in [2.24, 2.45) is 0 Å². The van der Waals surface area contributed by atoms with E-state index in [0.29, 0.717) is 0 Å². The molecule has 2 N–H and O–H groups in total. The second-order valence-corrected chi connectivity index (χ2v) is 4.13. The van der Waals surface area contributed by atoms with Crippen LogP contribution in [0.5, 0.6) is 0 Å². The molecule has 0 aliphatic rings. The quantitative estimate of drug-likeness (QED) is 0.698. The number of aliphatic hydroxyl groups is 1. The van der Waals surface area contributed by atoms with Crippen LogP contribution in [-0.2, 0) is 6.42 Å². The van der Waals surface area contributed by atoms with E-state index in [1.807, 2.05) is 6.92 Å². The zero-order valence-corrected chi connectivity index (χ0v) is 9.66. The van der Waals surface area contributed by atoms with Crippen molar-refractivity contribution in [3.8, 4) is 0 Å². The van der Waals surface area contributed by atoms with Gasteiger partial charge in [0.25, 0.3) is 0 Å². The normalized spacial score (nSPS) is 12.7. The van der Waals surface area contributed by atoms with Crippen LogP contribution in [0.4, 0.5) is 0 Å². The molecule has 0 saturated heterocycles. The summed E-state index contributed by atoms with van der Waals surface area (Å²) < 4.78 is 0. The second-order valence-electron chi connectivity index (χ2n) is 4.13. The van der Waals surface area contributed by atoms with E-state index in [2.05, 4.69) is 36.5 Å². The third-order valence-electron chi connectivity index (χ3n) is 2.49. The Morgan fingerprint density at radius 1 is 1.40 bits per heavy atom. The molecule has 1 aromatic carbocycles. The highest BCUT2D eigenvalue weighted by Gasteiger charge is 1.98. The highest BCUT2D eigenvalue weighted by Crippen LogP contribution is 2.05. The molecule has 0 spiro atoms. The number of hydrogen-bond acceptors (Lipinski definition) is 2. The lowest BCUT2D eigenvalue weighted by Crippen LogP contribution is -2.30. The van der Waals surface area contributed by atoms with Crippen LogP contribution in [0, 0.1) is 6.92 Å². The van der Waals surface area contributed by atoms with Crippen molar-refractivity contribution in [3.05, 3.63) is 35.4 Å². The van der Waals surface area contributed by atoms with E-state index >= 15 is 0 Å². The predicted octanol–water partition coefficient (Wildman–Crippen LogP) is 1.90. The Labute approximate surface area is 92.3 Å². The van der Waals surface area contributed by atoms with Crippen molar-refractivity contribution in [1.29, 1.82) is 0 Å². The Kier molecular flexibility index (Phi) is 5.37. The summed E-state index contributed by atoms with van der Waals surface area (Å²) in [6.45, 7) is 5.29. The molecule has 0 bridgehead atoms. The molecular formula is C13H21NO. The topological polar surface area (TPSA) is 32.3 Å². The van der Waals surface area contributed by atoms with E-state index in [0.717, 1.165) is 19.4 Å². The van der Waals surface area contributed by atoms with Gasteiger partial charge in [0.1, 0.15) is 0 Å². The molecule has 0 aliphatic carbocycles. The number of nitrogens with one attached hydrogen (secondary N) is 1. The first-order valence-electron chi connectivity index (χ1n) is 5.62. The van der Waals surface area contributed by atoms with Gasteiger partial charge in [0, 0.05) is 6.04 Å². The summed E-state index contributed by atoms with van der Waals surface area (Å²) in [6.07, 6.45) is 2.22. The monoisotopic (exact) mass is 207 g/mol. The van der Waals surface area contributed by atoms with E-state index in [1.54, 1.807) is 0 Å². The number of aryl methyl sites for hydroxylation is 2. The third-order valence-corrected chi connectivity index (χ3v) is 2.49. The summed E-state index contributed by atoms with van der Waals surface area (Å²) in [4.78, 5) is 0. The molecule has 15 heavy (non-hydrogen) atoms. The Bertz CT molecular complexity index is 286. The number of aliphatic hydroxyl groups excluding tert-OH is 1. The van der Waals surface area contributed by atoms with Crippen LogP contribution in [0.15, 0.2) is 24.3 Å². The minimum Gasteiger partial charge on any atom is -0.395 e. The summed E-state index contributed by atoms with van der Waals surface area (Å²) in [7, 11) is 0. The van der Waals surface area contributed by atoms with E-state index < -0.39 is 0 Å². The van der Waals surface area contributed by atoms with Crippen molar-refractivity contribution in [3.63, 3.8) is 0 Å². The molecule has 0 heterocycles. The number of rotatable bonds is 6. The molecule has 0 radical (unpaired) electrons. The minimum atomic E-state index is 0.211. The van der Waals surface area contributed by atoms with Crippen molar-refractivity contribution in [1.82, 2.24) is 5.32 Å². The van der Waals surface area contributed by atoms with Gasteiger partial charge in [-0.15, -0.1) is 0 Å². The molecule has 1 unspecified atom stereocenters. The van der Waals surface area contributed by atoms with E-state index in [9.17, 15) is 0 Å². The molecule has 1 aromatic rings. The van der Waals surface area contributed by atoms with Gasteiger partial charge in [0.05, 0.1) is 6.61 Å². The van der Waals surface area contributed by atoms with Crippen molar-refractivity contribution in [2.45, 2.75) is 32.7 Å². The highest BCUT2D eigenvalue weighted by molar-refractivity contribution is 5.22. The highest BCUT2D eigenvalue weighted by atomic mass is 16.3. The van der Waals surface area contributed by atoms with Gasteiger partial charge in [-0.1, -0.05) is 29.8 Å². The fourth-order valence-electron chi connectivity index (χ4n) is 1.57. The summed E-state index contributed by atoms with van der Waals surface area (Å²) >= 11 is 0. The first-order valence-corrected chi connectivity index (χ1v) is 5.62. The lowest BCUT2D eigenvalue weighted by atomic mass is 10.1. The van der Waals surface area contributed by atoms with Crippen LogP contribution in [0.2, 0.25) is 0 Å². The maximum atomic E-state index is 8.83. The van der Waals surface area contributed by atoms with Gasteiger partial charge in [-0.05, 0) is 38.8 Å². The average molecular weight is 207 g/mol. The Balaban J connectivity index is 2.20. The largest absolute Gasteiger partial charge is 0.395 e. The van der Waals surface area contributed by atoms with Gasteiger partial charge >= 0.3 is 0 Å². The summed E-state index contributed by atoms with van der Waals surface area (Å²) in [5, 5.41) is 12.1. The smallest absolute Gasteiger partial charge is 0.0581 e. The molecular weight excluding hydrogens is 186 g/mol. The zero-order valence-electron chi connectivity index (χ0n) is 9.66. The first-order chi connectivity index (χ1) is 7.22. The average Bonchev–Trinajstić information content (AvgIpc) is 2.24. The maximum Gasteiger partial charge on any atom is 0.0581 e. The lowest BCUT2D eigenvalue weighted by molar-refractivity contribution is 0.251. The van der Waals surface area contributed by atoms with Crippen LogP contribution < -0.4 is 5.32 Å². The fraction of sp³-hybridized carbons (Fsp3) is 0.538. The molecule has 1 atom stereocenters. The number of benzene rings is 1. The molecule has 0 amide bonds. The van der Waals surface area contributed by atoms with Gasteiger partial charge in [-0.25, -0.2) is 0 Å².